The normalized spacial score (nSPS) is 10.4. The summed E-state index contributed by atoms with van der Waals surface area (Å²) < 4.78 is 12.3. The maximum absolute atomic E-state index is 12.6. The van der Waals surface area contributed by atoms with Crippen molar-refractivity contribution in [1.29, 1.82) is 0 Å². The quantitative estimate of drug-likeness (QED) is 0.514. The van der Waals surface area contributed by atoms with Crippen molar-refractivity contribution in [1.82, 2.24) is 9.78 Å². The first-order valence-corrected chi connectivity index (χ1v) is 10.2. The van der Waals surface area contributed by atoms with E-state index in [1.165, 1.54) is 0 Å². The zero-order valence-corrected chi connectivity index (χ0v) is 18.5. The van der Waals surface area contributed by atoms with Crippen LogP contribution in [-0.4, -0.2) is 34.9 Å². The van der Waals surface area contributed by atoms with Crippen LogP contribution in [0.1, 0.15) is 23.0 Å². The van der Waals surface area contributed by atoms with E-state index in [0.29, 0.717) is 11.4 Å². The predicted octanol–water partition coefficient (Wildman–Crippen LogP) is 3.50. The summed E-state index contributed by atoms with van der Waals surface area (Å²) in [6, 6.07) is 15.2. The molecule has 1 heterocycles. The number of carbonyl (C=O) groups excluding carboxylic acids is 2. The van der Waals surface area contributed by atoms with E-state index >= 15 is 0 Å². The minimum absolute atomic E-state index is 0.115. The van der Waals surface area contributed by atoms with E-state index in [9.17, 15) is 14.4 Å². The van der Waals surface area contributed by atoms with Gasteiger partial charge in [0, 0.05) is 10.2 Å². The van der Waals surface area contributed by atoms with Crippen LogP contribution < -0.4 is 15.6 Å². The Morgan fingerprint density at radius 1 is 1.13 bits per heavy atom. The second kappa shape index (κ2) is 10.0. The molecule has 0 radical (unpaired) electrons. The zero-order chi connectivity index (χ0) is 22.4. The molecule has 0 aliphatic carbocycles. The molecule has 1 aromatic heterocycles. The highest BCUT2D eigenvalue weighted by Gasteiger charge is 2.20. The summed E-state index contributed by atoms with van der Waals surface area (Å²) in [7, 11) is 0. The Morgan fingerprint density at radius 3 is 2.55 bits per heavy atom. The van der Waals surface area contributed by atoms with E-state index in [1.807, 2.05) is 19.1 Å². The van der Waals surface area contributed by atoms with E-state index in [0.717, 1.165) is 20.8 Å². The first-order chi connectivity index (χ1) is 14.9. The molecule has 0 aliphatic rings. The summed E-state index contributed by atoms with van der Waals surface area (Å²) in [6.07, 6.45) is 0. The molecule has 160 valence electrons. The van der Waals surface area contributed by atoms with E-state index in [-0.39, 0.29) is 18.1 Å². The molecule has 0 fully saturated rings. The summed E-state index contributed by atoms with van der Waals surface area (Å²) in [5.41, 5.74) is 1.39. The van der Waals surface area contributed by atoms with Gasteiger partial charge >= 0.3 is 5.97 Å². The number of rotatable bonds is 7. The van der Waals surface area contributed by atoms with Crippen LogP contribution in [0, 0.1) is 6.92 Å². The number of benzene rings is 2. The number of aromatic nitrogens is 2. The summed E-state index contributed by atoms with van der Waals surface area (Å²) >= 11 is 3.34. The predicted molar refractivity (Wildman–Crippen MR) is 119 cm³/mol. The van der Waals surface area contributed by atoms with Crippen LogP contribution in [-0.2, 0) is 9.53 Å². The molecular formula is C22H20BrN3O5. The summed E-state index contributed by atoms with van der Waals surface area (Å²) in [4.78, 5) is 37.2. The number of nitrogens with one attached hydrogen (secondary N) is 1. The molecule has 2 aromatic carbocycles. The van der Waals surface area contributed by atoms with E-state index in [2.05, 4.69) is 26.3 Å². The van der Waals surface area contributed by atoms with Gasteiger partial charge in [0.25, 0.3) is 11.5 Å². The van der Waals surface area contributed by atoms with Gasteiger partial charge in [-0.05, 0) is 44.2 Å². The largest absolute Gasteiger partial charge is 0.481 e. The number of anilines is 1. The van der Waals surface area contributed by atoms with Crippen molar-refractivity contribution in [2.75, 3.05) is 18.5 Å². The molecule has 31 heavy (non-hydrogen) atoms. The second-order valence-electron chi connectivity index (χ2n) is 6.51. The number of hydrogen-bond acceptors (Lipinski definition) is 6. The van der Waals surface area contributed by atoms with E-state index < -0.39 is 24.0 Å². The van der Waals surface area contributed by atoms with Crippen molar-refractivity contribution in [3.63, 3.8) is 0 Å². The first-order valence-electron chi connectivity index (χ1n) is 9.44. The summed E-state index contributed by atoms with van der Waals surface area (Å²) in [6.45, 7) is 3.29. The molecule has 0 aliphatic heterocycles. The maximum Gasteiger partial charge on any atom is 0.362 e. The van der Waals surface area contributed by atoms with Crippen molar-refractivity contribution in [3.8, 4) is 11.4 Å². The van der Waals surface area contributed by atoms with Gasteiger partial charge in [0.05, 0.1) is 18.4 Å². The van der Waals surface area contributed by atoms with Crippen LogP contribution in [0.4, 0.5) is 5.69 Å². The Labute approximate surface area is 186 Å². The van der Waals surface area contributed by atoms with E-state index in [4.69, 9.17) is 9.47 Å². The number of halogens is 1. The van der Waals surface area contributed by atoms with Crippen LogP contribution in [0.2, 0.25) is 0 Å². The lowest BCUT2D eigenvalue weighted by atomic mass is 10.2. The topological polar surface area (TPSA) is 99.5 Å². The average molecular weight is 486 g/mol. The molecule has 9 heteroatoms. The highest BCUT2D eigenvalue weighted by molar-refractivity contribution is 9.10. The van der Waals surface area contributed by atoms with Crippen molar-refractivity contribution in [3.05, 3.63) is 80.7 Å². The SMILES string of the molecule is CCOC(=O)c1nn(-c2cccc(Br)c2)c(=O)cc1OCC(=O)Nc1ccc(C)cc1. The Bertz CT molecular complexity index is 1160. The lowest BCUT2D eigenvalue weighted by Crippen LogP contribution is -2.27. The Hall–Kier alpha value is -3.46. The molecule has 0 atom stereocenters. The second-order valence-corrected chi connectivity index (χ2v) is 7.43. The zero-order valence-electron chi connectivity index (χ0n) is 16.9. The van der Waals surface area contributed by atoms with Crippen LogP contribution in [0.25, 0.3) is 5.69 Å². The fraction of sp³-hybridized carbons (Fsp3) is 0.182. The number of aryl methyl sites for hydroxylation is 1. The summed E-state index contributed by atoms with van der Waals surface area (Å²) in [5.74, 6) is -1.34. The fourth-order valence-electron chi connectivity index (χ4n) is 2.66. The highest BCUT2D eigenvalue weighted by atomic mass is 79.9. The molecule has 0 unspecified atom stereocenters. The van der Waals surface area contributed by atoms with Crippen molar-refractivity contribution in [2.24, 2.45) is 0 Å². The molecular weight excluding hydrogens is 466 g/mol. The number of nitrogens with zero attached hydrogens (tertiary/aromatic N) is 2. The van der Waals surface area contributed by atoms with Crippen LogP contribution in [0.3, 0.4) is 0 Å². The lowest BCUT2D eigenvalue weighted by Gasteiger charge is -2.13. The van der Waals surface area contributed by atoms with Crippen LogP contribution in [0.5, 0.6) is 5.75 Å². The monoisotopic (exact) mass is 485 g/mol. The van der Waals surface area contributed by atoms with Gasteiger partial charge in [-0.1, -0.05) is 39.7 Å². The van der Waals surface area contributed by atoms with Crippen molar-refractivity contribution >= 4 is 33.5 Å². The molecule has 0 saturated carbocycles. The Morgan fingerprint density at radius 2 is 1.87 bits per heavy atom. The van der Waals surface area contributed by atoms with Crippen molar-refractivity contribution < 1.29 is 19.1 Å². The minimum Gasteiger partial charge on any atom is -0.481 e. The van der Waals surface area contributed by atoms with Gasteiger partial charge in [0.15, 0.2) is 12.4 Å². The third kappa shape index (κ3) is 5.79. The first kappa shape index (κ1) is 22.2. The van der Waals surface area contributed by atoms with Crippen molar-refractivity contribution in [2.45, 2.75) is 13.8 Å². The number of ether oxygens (including phenoxy) is 2. The molecule has 1 N–H and O–H groups in total. The number of esters is 1. The molecule has 0 saturated heterocycles. The van der Waals surface area contributed by atoms with Crippen LogP contribution >= 0.6 is 15.9 Å². The van der Waals surface area contributed by atoms with Gasteiger partial charge in [-0.15, -0.1) is 0 Å². The smallest absolute Gasteiger partial charge is 0.362 e. The number of carbonyl (C=O) groups is 2. The lowest BCUT2D eigenvalue weighted by molar-refractivity contribution is -0.118. The van der Waals surface area contributed by atoms with Gasteiger partial charge < -0.3 is 14.8 Å². The Kier molecular flexibility index (Phi) is 7.19. The Balaban J connectivity index is 1.85. The molecule has 8 nitrogen and oxygen atoms in total. The molecule has 0 bridgehead atoms. The van der Waals surface area contributed by atoms with Gasteiger partial charge in [0.1, 0.15) is 0 Å². The molecule has 3 rings (SSSR count). The maximum atomic E-state index is 12.6. The minimum atomic E-state index is -0.764. The molecule has 1 amide bonds. The fourth-order valence-corrected chi connectivity index (χ4v) is 3.05. The van der Waals surface area contributed by atoms with Gasteiger partial charge in [0.2, 0.25) is 5.69 Å². The van der Waals surface area contributed by atoms with Gasteiger partial charge in [-0.3, -0.25) is 9.59 Å². The molecule has 3 aromatic rings. The van der Waals surface area contributed by atoms with Crippen LogP contribution in [0.15, 0.2) is 63.9 Å². The van der Waals surface area contributed by atoms with E-state index in [1.54, 1.807) is 43.3 Å². The number of amides is 1. The molecule has 0 spiro atoms. The number of hydrogen-bond donors (Lipinski definition) is 1. The highest BCUT2D eigenvalue weighted by Crippen LogP contribution is 2.18. The third-order valence-electron chi connectivity index (χ3n) is 4.11. The average Bonchev–Trinajstić information content (AvgIpc) is 2.74. The standard InChI is InChI=1S/C22H20BrN3O5/c1-3-30-22(29)21-18(31-13-19(27)24-16-9-7-14(2)8-10-16)12-20(28)26(25-21)17-6-4-5-15(23)11-17/h4-12H,3,13H2,1-2H3,(H,24,27). The third-order valence-corrected chi connectivity index (χ3v) is 4.61. The van der Waals surface area contributed by atoms with Gasteiger partial charge in [-0.2, -0.15) is 9.78 Å². The van der Waals surface area contributed by atoms with Gasteiger partial charge in [-0.25, -0.2) is 4.79 Å². The summed E-state index contributed by atoms with van der Waals surface area (Å²) in [5, 5.41) is 6.81.